The Kier molecular flexibility index (Phi) is 6.18. The lowest BCUT2D eigenvalue weighted by Gasteiger charge is -2.24. The van der Waals surface area contributed by atoms with Crippen molar-refractivity contribution in [3.63, 3.8) is 0 Å². The largest absolute Gasteiger partial charge is 0.307 e. The van der Waals surface area contributed by atoms with Gasteiger partial charge in [0.2, 0.25) is 0 Å². The molecule has 2 aromatic rings. The monoisotopic (exact) mass is 476 g/mol. The van der Waals surface area contributed by atoms with E-state index in [9.17, 15) is 9.59 Å². The molecule has 0 aromatic heterocycles. The molecule has 0 fully saturated rings. The van der Waals surface area contributed by atoms with E-state index in [2.05, 4.69) is 24.3 Å². The lowest BCUT2D eigenvalue weighted by molar-refractivity contribution is -0.113. The number of hydrogen-bond acceptors (Lipinski definition) is 2. The van der Waals surface area contributed by atoms with E-state index in [0.717, 1.165) is 48.2 Å². The highest BCUT2D eigenvalue weighted by Crippen LogP contribution is 2.40. The number of nitrogens with zero attached hydrogens (tertiary/aromatic N) is 2. The maximum Gasteiger partial charge on any atom is 0.258 e. The van der Waals surface area contributed by atoms with Crippen LogP contribution in [-0.4, -0.2) is 24.9 Å². The van der Waals surface area contributed by atoms with Crippen LogP contribution in [0.1, 0.15) is 49.7 Å². The topological polar surface area (TPSA) is 40.6 Å². The van der Waals surface area contributed by atoms with Crippen LogP contribution in [0.2, 0.25) is 0 Å². The molecule has 6 rings (SSSR count). The minimum atomic E-state index is 0.0231. The highest BCUT2D eigenvalue weighted by molar-refractivity contribution is 6.35. The molecule has 2 heterocycles. The summed E-state index contributed by atoms with van der Waals surface area (Å²) in [6.45, 7) is 1.40. The molecule has 182 valence electrons. The van der Waals surface area contributed by atoms with Crippen molar-refractivity contribution in [3.05, 3.63) is 96.1 Å². The van der Waals surface area contributed by atoms with Crippen molar-refractivity contribution >= 4 is 34.3 Å². The summed E-state index contributed by atoms with van der Waals surface area (Å²) in [5.74, 6) is 0.822. The van der Waals surface area contributed by atoms with Gasteiger partial charge < -0.3 is 9.80 Å². The first-order chi connectivity index (χ1) is 17.7. The van der Waals surface area contributed by atoms with Gasteiger partial charge in [0.1, 0.15) is 0 Å². The van der Waals surface area contributed by atoms with Crippen LogP contribution >= 0.6 is 0 Å². The van der Waals surface area contributed by atoms with Crippen LogP contribution < -0.4 is 9.80 Å². The molecule has 2 amide bonds. The summed E-state index contributed by atoms with van der Waals surface area (Å²) < 4.78 is 0. The molecule has 2 unspecified atom stereocenters. The fourth-order valence-electron chi connectivity index (χ4n) is 6.00. The van der Waals surface area contributed by atoms with Crippen molar-refractivity contribution < 1.29 is 9.59 Å². The van der Waals surface area contributed by atoms with E-state index in [1.54, 1.807) is 0 Å². The smallest absolute Gasteiger partial charge is 0.258 e. The van der Waals surface area contributed by atoms with E-state index in [4.69, 9.17) is 0 Å². The van der Waals surface area contributed by atoms with Crippen molar-refractivity contribution in [1.82, 2.24) is 0 Å². The molecule has 0 radical (unpaired) electrons. The summed E-state index contributed by atoms with van der Waals surface area (Å²) in [7, 11) is 0. The Morgan fingerprint density at radius 2 is 1.11 bits per heavy atom. The number of benzene rings is 2. The van der Waals surface area contributed by atoms with Gasteiger partial charge >= 0.3 is 0 Å². The summed E-state index contributed by atoms with van der Waals surface area (Å²) in [6, 6.07) is 16.0. The van der Waals surface area contributed by atoms with Crippen LogP contribution in [0.15, 0.2) is 85.0 Å². The maximum atomic E-state index is 13.6. The van der Waals surface area contributed by atoms with E-state index in [0.29, 0.717) is 36.1 Å². The normalized spacial score (nSPS) is 25.2. The van der Waals surface area contributed by atoms with Crippen LogP contribution in [-0.2, 0) is 9.59 Å². The molecular formula is C32H32N2O2. The highest BCUT2D eigenvalue weighted by Gasteiger charge is 2.35. The second-order valence-corrected chi connectivity index (χ2v) is 10.3. The third-order valence-corrected chi connectivity index (χ3v) is 7.88. The van der Waals surface area contributed by atoms with Crippen LogP contribution in [0.4, 0.5) is 11.4 Å². The van der Waals surface area contributed by atoms with E-state index in [1.165, 1.54) is 12.8 Å². The second kappa shape index (κ2) is 9.77. The average Bonchev–Trinajstić information content (AvgIpc) is 3.34. The molecule has 0 bridgehead atoms. The Labute approximate surface area is 213 Å². The molecule has 2 atom stereocenters. The van der Waals surface area contributed by atoms with Gasteiger partial charge in [0, 0.05) is 35.4 Å². The Morgan fingerprint density at radius 3 is 1.53 bits per heavy atom. The quantitative estimate of drug-likeness (QED) is 0.362. The number of amides is 2. The van der Waals surface area contributed by atoms with Gasteiger partial charge in [0.25, 0.3) is 11.8 Å². The summed E-state index contributed by atoms with van der Waals surface area (Å²) in [6.07, 6.45) is 19.6. The van der Waals surface area contributed by atoms with Gasteiger partial charge in [-0.05, 0) is 74.6 Å². The molecule has 4 aliphatic rings. The maximum absolute atomic E-state index is 13.6. The molecule has 2 aliphatic carbocycles. The Morgan fingerprint density at radius 1 is 0.667 bits per heavy atom. The van der Waals surface area contributed by atoms with Gasteiger partial charge in [-0.25, -0.2) is 0 Å². The summed E-state index contributed by atoms with van der Waals surface area (Å²) >= 11 is 0. The SMILES string of the molecule is O=C1/C(=C\C=C2/C(=O)N(CC3C=CCCC3)c3ccccc32)c2ccccc2N1CC1C=CCCC1. The van der Waals surface area contributed by atoms with E-state index in [-0.39, 0.29) is 11.8 Å². The summed E-state index contributed by atoms with van der Waals surface area (Å²) in [4.78, 5) is 31.0. The molecule has 0 saturated carbocycles. The van der Waals surface area contributed by atoms with Crippen LogP contribution in [0.3, 0.4) is 0 Å². The van der Waals surface area contributed by atoms with Gasteiger partial charge in [-0.3, -0.25) is 9.59 Å². The number of para-hydroxylation sites is 2. The molecule has 2 aliphatic heterocycles. The lowest BCUT2D eigenvalue weighted by Crippen LogP contribution is -2.32. The minimum Gasteiger partial charge on any atom is -0.307 e. The third-order valence-electron chi connectivity index (χ3n) is 7.88. The molecule has 0 N–H and O–H groups in total. The number of hydrogen-bond donors (Lipinski definition) is 0. The van der Waals surface area contributed by atoms with E-state index < -0.39 is 0 Å². The van der Waals surface area contributed by atoms with Crippen LogP contribution in [0.5, 0.6) is 0 Å². The summed E-state index contributed by atoms with van der Waals surface area (Å²) in [5.41, 5.74) is 5.16. The second-order valence-electron chi connectivity index (χ2n) is 10.3. The molecule has 4 nitrogen and oxygen atoms in total. The Bertz CT molecular complexity index is 1210. The van der Waals surface area contributed by atoms with Gasteiger partial charge in [-0.2, -0.15) is 0 Å². The van der Waals surface area contributed by atoms with Crippen molar-refractivity contribution in [2.45, 2.75) is 38.5 Å². The first-order valence-corrected chi connectivity index (χ1v) is 13.3. The highest BCUT2D eigenvalue weighted by atomic mass is 16.2. The molecule has 4 heteroatoms. The van der Waals surface area contributed by atoms with Crippen LogP contribution in [0.25, 0.3) is 11.1 Å². The number of allylic oxidation sites excluding steroid dienone is 4. The van der Waals surface area contributed by atoms with Crippen molar-refractivity contribution in [2.24, 2.45) is 11.8 Å². The zero-order valence-electron chi connectivity index (χ0n) is 20.6. The molecule has 2 aromatic carbocycles. The van der Waals surface area contributed by atoms with Gasteiger partial charge in [-0.15, -0.1) is 0 Å². The fourth-order valence-corrected chi connectivity index (χ4v) is 6.00. The third kappa shape index (κ3) is 4.15. The first kappa shape index (κ1) is 22.8. The number of rotatable bonds is 5. The lowest BCUT2D eigenvalue weighted by atomic mass is 9.95. The van der Waals surface area contributed by atoms with Gasteiger partial charge in [-0.1, -0.05) is 60.7 Å². The van der Waals surface area contributed by atoms with Crippen LogP contribution in [0, 0.1) is 11.8 Å². The Hall–Kier alpha value is -3.66. The summed E-state index contributed by atoms with van der Waals surface area (Å²) in [5, 5.41) is 0. The van der Waals surface area contributed by atoms with Gasteiger partial charge in [0.05, 0.1) is 11.4 Å². The standard InChI is InChI=1S/C32H32N2O2/c35-31-27(25-15-7-9-17-29(25)33(31)21-23-11-3-1-4-12-23)19-20-28-26-16-8-10-18-30(26)34(32(28)36)22-24-13-5-2-6-14-24/h3,5,7-11,13,15-20,23-24H,1-2,4,6,12,14,21-22H2/b27-19-,28-20-. The predicted molar refractivity (Wildman–Crippen MR) is 147 cm³/mol. The fraction of sp³-hybridized carbons (Fsp3) is 0.312. The van der Waals surface area contributed by atoms with Crippen molar-refractivity contribution in [2.75, 3.05) is 22.9 Å². The van der Waals surface area contributed by atoms with Crippen molar-refractivity contribution in [3.8, 4) is 0 Å². The minimum absolute atomic E-state index is 0.0231. The molecule has 36 heavy (non-hydrogen) atoms. The number of anilines is 2. The molecule has 0 spiro atoms. The number of carbonyl (C=O) groups is 2. The van der Waals surface area contributed by atoms with E-state index >= 15 is 0 Å². The number of carbonyl (C=O) groups excluding carboxylic acids is 2. The van der Waals surface area contributed by atoms with Crippen molar-refractivity contribution in [1.29, 1.82) is 0 Å². The first-order valence-electron chi connectivity index (χ1n) is 13.3. The molecule has 0 saturated heterocycles. The zero-order chi connectivity index (χ0) is 24.5. The number of fused-ring (bicyclic) bond motifs is 2. The zero-order valence-corrected chi connectivity index (χ0v) is 20.6. The van der Waals surface area contributed by atoms with E-state index in [1.807, 2.05) is 70.5 Å². The molecular weight excluding hydrogens is 444 g/mol. The average molecular weight is 477 g/mol. The predicted octanol–water partition coefficient (Wildman–Crippen LogP) is 6.56. The van der Waals surface area contributed by atoms with Gasteiger partial charge in [0.15, 0.2) is 0 Å². The Balaban J connectivity index is 1.32.